The van der Waals surface area contributed by atoms with Gasteiger partial charge in [0.25, 0.3) is 0 Å². The van der Waals surface area contributed by atoms with Gasteiger partial charge in [0.15, 0.2) is 5.96 Å². The summed E-state index contributed by atoms with van der Waals surface area (Å²) in [5, 5.41) is 0. The van der Waals surface area contributed by atoms with Crippen molar-refractivity contribution in [1.82, 2.24) is 4.90 Å². The minimum absolute atomic E-state index is 0.290. The minimum atomic E-state index is 0.290. The first kappa shape index (κ1) is 7.65. The van der Waals surface area contributed by atoms with Gasteiger partial charge in [0, 0.05) is 6.54 Å². The Balaban J connectivity index is 2.13. The highest BCUT2D eigenvalue weighted by molar-refractivity contribution is 5.81. The van der Waals surface area contributed by atoms with Gasteiger partial charge in [-0.3, -0.25) is 4.99 Å². The highest BCUT2D eigenvalue weighted by atomic mass is 15.4. The lowest BCUT2D eigenvalue weighted by molar-refractivity contribution is 0.111. The molecular formula is C9H15N3. The topological polar surface area (TPSA) is 41.6 Å². The lowest BCUT2D eigenvalue weighted by Crippen LogP contribution is -2.55. The molecule has 0 amide bonds. The number of aliphatic imine (C=N–C) groups is 1. The van der Waals surface area contributed by atoms with Crippen molar-refractivity contribution in [2.75, 3.05) is 13.1 Å². The van der Waals surface area contributed by atoms with Gasteiger partial charge in [-0.2, -0.15) is 0 Å². The van der Waals surface area contributed by atoms with E-state index in [0.717, 1.165) is 13.1 Å². The summed E-state index contributed by atoms with van der Waals surface area (Å²) in [6.45, 7) is 5.47. The van der Waals surface area contributed by atoms with Crippen LogP contribution in [0.25, 0.3) is 0 Å². The summed E-state index contributed by atoms with van der Waals surface area (Å²) < 4.78 is 0. The molecular weight excluding hydrogens is 150 g/mol. The number of hydrogen-bond donors (Lipinski definition) is 1. The van der Waals surface area contributed by atoms with Crippen molar-refractivity contribution >= 4 is 5.96 Å². The summed E-state index contributed by atoms with van der Waals surface area (Å²) in [4.78, 5) is 6.48. The van der Waals surface area contributed by atoms with Gasteiger partial charge in [0.1, 0.15) is 0 Å². The second-order valence-corrected chi connectivity index (χ2v) is 3.65. The van der Waals surface area contributed by atoms with E-state index < -0.39 is 0 Å². The van der Waals surface area contributed by atoms with E-state index in [4.69, 9.17) is 5.73 Å². The molecule has 2 N–H and O–H groups in total. The van der Waals surface area contributed by atoms with E-state index >= 15 is 0 Å². The van der Waals surface area contributed by atoms with Crippen LogP contribution in [0.3, 0.4) is 0 Å². The van der Waals surface area contributed by atoms with E-state index in [1.807, 2.05) is 6.08 Å². The van der Waals surface area contributed by atoms with Gasteiger partial charge in [-0.15, -0.1) is 6.58 Å². The fraction of sp³-hybridized carbons (Fsp3) is 0.667. The van der Waals surface area contributed by atoms with E-state index in [2.05, 4.69) is 16.5 Å². The Morgan fingerprint density at radius 1 is 1.67 bits per heavy atom. The van der Waals surface area contributed by atoms with Crippen molar-refractivity contribution in [3.63, 3.8) is 0 Å². The van der Waals surface area contributed by atoms with Crippen LogP contribution in [-0.4, -0.2) is 29.5 Å². The molecule has 1 aliphatic carbocycles. The van der Waals surface area contributed by atoms with Crippen LogP contribution >= 0.6 is 0 Å². The summed E-state index contributed by atoms with van der Waals surface area (Å²) in [7, 11) is 0. The molecule has 12 heavy (non-hydrogen) atoms. The monoisotopic (exact) mass is 165 g/mol. The molecule has 3 nitrogen and oxygen atoms in total. The second-order valence-electron chi connectivity index (χ2n) is 3.65. The fourth-order valence-corrected chi connectivity index (χ4v) is 2.07. The van der Waals surface area contributed by atoms with Crippen LogP contribution in [-0.2, 0) is 0 Å². The van der Waals surface area contributed by atoms with Crippen LogP contribution in [0.2, 0.25) is 0 Å². The molecule has 1 saturated carbocycles. The van der Waals surface area contributed by atoms with Gasteiger partial charge >= 0.3 is 0 Å². The first-order valence-electron chi connectivity index (χ1n) is 4.47. The molecule has 66 valence electrons. The largest absolute Gasteiger partial charge is 0.370 e. The van der Waals surface area contributed by atoms with Gasteiger partial charge in [-0.1, -0.05) is 6.08 Å². The Hall–Kier alpha value is -0.990. The van der Waals surface area contributed by atoms with Crippen LogP contribution in [0.5, 0.6) is 0 Å². The van der Waals surface area contributed by atoms with Crippen LogP contribution < -0.4 is 5.73 Å². The van der Waals surface area contributed by atoms with Gasteiger partial charge in [-0.25, -0.2) is 0 Å². The summed E-state index contributed by atoms with van der Waals surface area (Å²) >= 11 is 0. The number of guanidine groups is 1. The molecule has 2 rings (SSSR count). The van der Waals surface area contributed by atoms with Gasteiger partial charge < -0.3 is 10.6 Å². The lowest BCUT2D eigenvalue weighted by atomic mass is 9.76. The third-order valence-corrected chi connectivity index (χ3v) is 2.98. The Labute approximate surface area is 73.0 Å². The zero-order chi connectivity index (χ0) is 8.60. The lowest BCUT2D eigenvalue weighted by Gasteiger charge is -2.45. The van der Waals surface area contributed by atoms with Crippen molar-refractivity contribution in [2.45, 2.75) is 24.8 Å². The molecule has 0 aromatic heterocycles. The van der Waals surface area contributed by atoms with Crippen molar-refractivity contribution in [1.29, 1.82) is 0 Å². The molecule has 1 aliphatic heterocycles. The number of hydrogen-bond acceptors (Lipinski definition) is 3. The SMILES string of the molecule is C=CCN1C(N)=NCC12CCC2. The molecule has 0 radical (unpaired) electrons. The summed E-state index contributed by atoms with van der Waals surface area (Å²) in [6, 6.07) is 0. The maximum absolute atomic E-state index is 5.78. The van der Waals surface area contributed by atoms with Crippen LogP contribution in [0.1, 0.15) is 19.3 Å². The van der Waals surface area contributed by atoms with E-state index in [0.29, 0.717) is 5.96 Å². The molecule has 3 heteroatoms. The summed E-state index contributed by atoms with van der Waals surface area (Å²) in [5.41, 5.74) is 6.07. The third-order valence-electron chi connectivity index (χ3n) is 2.98. The highest BCUT2D eigenvalue weighted by Gasteiger charge is 2.46. The normalized spacial score (nSPS) is 25.3. The maximum Gasteiger partial charge on any atom is 0.192 e. The Morgan fingerprint density at radius 2 is 2.42 bits per heavy atom. The van der Waals surface area contributed by atoms with Gasteiger partial charge in [-0.05, 0) is 19.3 Å². The smallest absolute Gasteiger partial charge is 0.192 e. The van der Waals surface area contributed by atoms with E-state index in [-0.39, 0.29) is 5.54 Å². The Bertz CT molecular complexity index is 228. The van der Waals surface area contributed by atoms with Crippen molar-refractivity contribution in [3.8, 4) is 0 Å². The van der Waals surface area contributed by atoms with E-state index in [9.17, 15) is 0 Å². The number of rotatable bonds is 2. The number of nitrogens with two attached hydrogens (primary N) is 1. The van der Waals surface area contributed by atoms with Crippen LogP contribution in [0, 0.1) is 0 Å². The predicted molar refractivity (Wildman–Crippen MR) is 50.0 cm³/mol. The highest BCUT2D eigenvalue weighted by Crippen LogP contribution is 2.40. The quantitative estimate of drug-likeness (QED) is 0.613. The third kappa shape index (κ3) is 0.854. The molecule has 0 aromatic carbocycles. The van der Waals surface area contributed by atoms with Gasteiger partial charge in [0.05, 0.1) is 12.1 Å². The molecule has 0 unspecified atom stereocenters. The second kappa shape index (κ2) is 2.51. The Morgan fingerprint density at radius 3 is 2.92 bits per heavy atom. The standard InChI is InChI=1S/C9H15N3/c1-2-6-12-8(10)11-7-9(12)4-3-5-9/h2H,1,3-7H2,(H2,10,11). The van der Waals surface area contributed by atoms with Gasteiger partial charge in [0.2, 0.25) is 0 Å². The molecule has 1 spiro atoms. The fourth-order valence-electron chi connectivity index (χ4n) is 2.07. The van der Waals surface area contributed by atoms with Crippen molar-refractivity contribution < 1.29 is 0 Å². The van der Waals surface area contributed by atoms with Crippen molar-refractivity contribution in [2.24, 2.45) is 10.7 Å². The average Bonchev–Trinajstić information content (AvgIpc) is 2.29. The van der Waals surface area contributed by atoms with Crippen molar-refractivity contribution in [3.05, 3.63) is 12.7 Å². The first-order chi connectivity index (χ1) is 5.78. The molecule has 1 fully saturated rings. The molecule has 0 aromatic rings. The van der Waals surface area contributed by atoms with E-state index in [1.165, 1.54) is 19.3 Å². The Kier molecular flexibility index (Phi) is 1.60. The first-order valence-corrected chi connectivity index (χ1v) is 4.47. The zero-order valence-electron chi connectivity index (χ0n) is 7.29. The molecule has 1 heterocycles. The number of nitrogens with zero attached hydrogens (tertiary/aromatic N) is 2. The molecule has 2 aliphatic rings. The van der Waals surface area contributed by atoms with Crippen LogP contribution in [0.4, 0.5) is 0 Å². The molecule has 0 atom stereocenters. The zero-order valence-corrected chi connectivity index (χ0v) is 7.29. The minimum Gasteiger partial charge on any atom is -0.370 e. The van der Waals surface area contributed by atoms with E-state index in [1.54, 1.807) is 0 Å². The van der Waals surface area contributed by atoms with Crippen LogP contribution in [0.15, 0.2) is 17.6 Å². The summed E-state index contributed by atoms with van der Waals surface area (Å²) in [6.07, 6.45) is 5.69. The predicted octanol–water partition coefficient (Wildman–Crippen LogP) is 0.725. The summed E-state index contributed by atoms with van der Waals surface area (Å²) in [5.74, 6) is 0.703. The average molecular weight is 165 g/mol. The molecule has 0 bridgehead atoms. The maximum atomic E-state index is 5.78. The molecule has 0 saturated heterocycles.